The zero-order valence-corrected chi connectivity index (χ0v) is 10.3. The summed E-state index contributed by atoms with van der Waals surface area (Å²) in [6.07, 6.45) is 0. The Labute approximate surface area is 105 Å². The summed E-state index contributed by atoms with van der Waals surface area (Å²) >= 11 is 6.07. The SMILES string of the molecule is CCNC(=O)C(Cl)c1ccc2c(c1)OCCO2. The van der Waals surface area contributed by atoms with E-state index < -0.39 is 5.38 Å². The minimum Gasteiger partial charge on any atom is -0.486 e. The van der Waals surface area contributed by atoms with Crippen LogP contribution in [0.1, 0.15) is 17.9 Å². The number of alkyl halides is 1. The fourth-order valence-electron chi connectivity index (χ4n) is 1.63. The molecule has 1 heterocycles. The second-order valence-corrected chi connectivity index (χ2v) is 4.10. The molecule has 0 saturated carbocycles. The number of amides is 1. The third-order valence-corrected chi connectivity index (χ3v) is 2.89. The fourth-order valence-corrected chi connectivity index (χ4v) is 1.85. The highest BCUT2D eigenvalue weighted by molar-refractivity contribution is 6.30. The van der Waals surface area contributed by atoms with Crippen LogP contribution < -0.4 is 14.8 Å². The van der Waals surface area contributed by atoms with E-state index in [0.29, 0.717) is 36.8 Å². The summed E-state index contributed by atoms with van der Waals surface area (Å²) in [6.45, 7) is 3.48. The van der Waals surface area contributed by atoms with Crippen molar-refractivity contribution in [3.05, 3.63) is 23.8 Å². The molecule has 0 aliphatic carbocycles. The molecule has 4 nitrogen and oxygen atoms in total. The molecule has 2 rings (SSSR count). The first-order valence-corrected chi connectivity index (χ1v) is 5.97. The highest BCUT2D eigenvalue weighted by atomic mass is 35.5. The maximum absolute atomic E-state index is 11.6. The van der Waals surface area contributed by atoms with Crippen molar-refractivity contribution in [3.63, 3.8) is 0 Å². The number of benzene rings is 1. The van der Waals surface area contributed by atoms with Gasteiger partial charge in [0, 0.05) is 6.54 Å². The molecule has 5 heteroatoms. The van der Waals surface area contributed by atoms with Gasteiger partial charge < -0.3 is 14.8 Å². The van der Waals surface area contributed by atoms with Gasteiger partial charge in [-0.05, 0) is 24.6 Å². The lowest BCUT2D eigenvalue weighted by atomic mass is 10.1. The van der Waals surface area contributed by atoms with E-state index >= 15 is 0 Å². The summed E-state index contributed by atoms with van der Waals surface area (Å²) < 4.78 is 10.8. The van der Waals surface area contributed by atoms with Gasteiger partial charge in [-0.2, -0.15) is 0 Å². The average molecular weight is 256 g/mol. The highest BCUT2D eigenvalue weighted by Gasteiger charge is 2.20. The molecule has 1 atom stereocenters. The topological polar surface area (TPSA) is 47.6 Å². The van der Waals surface area contributed by atoms with E-state index in [1.165, 1.54) is 0 Å². The lowest BCUT2D eigenvalue weighted by Gasteiger charge is -2.19. The van der Waals surface area contributed by atoms with E-state index in [4.69, 9.17) is 21.1 Å². The maximum Gasteiger partial charge on any atom is 0.242 e. The third-order valence-electron chi connectivity index (χ3n) is 2.44. The first-order chi connectivity index (χ1) is 8.22. The Balaban J connectivity index is 2.18. The quantitative estimate of drug-likeness (QED) is 0.839. The van der Waals surface area contributed by atoms with Gasteiger partial charge in [0.15, 0.2) is 11.5 Å². The number of hydrogen-bond donors (Lipinski definition) is 1. The van der Waals surface area contributed by atoms with Gasteiger partial charge in [-0.3, -0.25) is 4.79 Å². The number of carbonyl (C=O) groups is 1. The zero-order valence-electron chi connectivity index (χ0n) is 9.53. The van der Waals surface area contributed by atoms with Crippen LogP contribution in [0.25, 0.3) is 0 Å². The predicted octanol–water partition coefficient (Wildman–Crippen LogP) is 1.87. The molecule has 92 valence electrons. The Hall–Kier alpha value is -1.42. The molecule has 1 aromatic carbocycles. The second-order valence-electron chi connectivity index (χ2n) is 3.66. The molecule has 1 aliphatic heterocycles. The summed E-state index contributed by atoms with van der Waals surface area (Å²) in [5.41, 5.74) is 0.710. The van der Waals surface area contributed by atoms with Crippen LogP contribution in [0.3, 0.4) is 0 Å². The van der Waals surface area contributed by atoms with Crippen LogP contribution in [0.4, 0.5) is 0 Å². The molecular weight excluding hydrogens is 242 g/mol. The van der Waals surface area contributed by atoms with Crippen LogP contribution in [0.15, 0.2) is 18.2 Å². The normalized spacial score (nSPS) is 15.2. The van der Waals surface area contributed by atoms with E-state index in [0.717, 1.165) is 0 Å². The first kappa shape index (κ1) is 12.0. The molecule has 1 aliphatic rings. The van der Waals surface area contributed by atoms with Gasteiger partial charge in [-0.25, -0.2) is 0 Å². The number of fused-ring (bicyclic) bond motifs is 1. The maximum atomic E-state index is 11.6. The number of halogens is 1. The molecule has 0 saturated heterocycles. The van der Waals surface area contributed by atoms with Crippen LogP contribution in [0.2, 0.25) is 0 Å². The van der Waals surface area contributed by atoms with Crippen molar-refractivity contribution in [2.45, 2.75) is 12.3 Å². The van der Waals surface area contributed by atoms with Crippen molar-refractivity contribution in [1.29, 1.82) is 0 Å². The molecular formula is C12H14ClNO3. The molecule has 0 spiro atoms. The number of carbonyl (C=O) groups excluding carboxylic acids is 1. The molecule has 1 amide bonds. The van der Waals surface area contributed by atoms with Gasteiger partial charge in [0.1, 0.15) is 18.6 Å². The lowest BCUT2D eigenvalue weighted by Crippen LogP contribution is -2.26. The van der Waals surface area contributed by atoms with Crippen molar-refractivity contribution in [2.24, 2.45) is 0 Å². The Morgan fingerprint density at radius 3 is 2.82 bits per heavy atom. The Morgan fingerprint density at radius 2 is 2.12 bits per heavy atom. The summed E-state index contributed by atoms with van der Waals surface area (Å²) in [4.78, 5) is 11.6. The lowest BCUT2D eigenvalue weighted by molar-refractivity contribution is -0.120. The Morgan fingerprint density at radius 1 is 1.41 bits per heavy atom. The second kappa shape index (κ2) is 5.27. The zero-order chi connectivity index (χ0) is 12.3. The fraction of sp³-hybridized carbons (Fsp3) is 0.417. The van der Waals surface area contributed by atoms with E-state index in [1.807, 2.05) is 6.92 Å². The van der Waals surface area contributed by atoms with Gasteiger partial charge in [0.05, 0.1) is 0 Å². The van der Waals surface area contributed by atoms with Crippen LogP contribution in [-0.4, -0.2) is 25.7 Å². The van der Waals surface area contributed by atoms with Crippen molar-refractivity contribution in [3.8, 4) is 11.5 Å². The third kappa shape index (κ3) is 2.64. The summed E-state index contributed by atoms with van der Waals surface area (Å²) in [6, 6.07) is 5.31. The molecule has 1 aromatic rings. The van der Waals surface area contributed by atoms with Crippen molar-refractivity contribution in [1.82, 2.24) is 5.32 Å². The monoisotopic (exact) mass is 255 g/mol. The number of rotatable bonds is 3. The Bertz CT molecular complexity index is 422. The van der Waals surface area contributed by atoms with Crippen LogP contribution >= 0.6 is 11.6 Å². The molecule has 0 bridgehead atoms. The van der Waals surface area contributed by atoms with E-state index in [9.17, 15) is 4.79 Å². The molecule has 1 unspecified atom stereocenters. The predicted molar refractivity (Wildman–Crippen MR) is 64.7 cm³/mol. The molecule has 17 heavy (non-hydrogen) atoms. The van der Waals surface area contributed by atoms with Gasteiger partial charge in [0.25, 0.3) is 0 Å². The number of nitrogens with one attached hydrogen (secondary N) is 1. The van der Waals surface area contributed by atoms with E-state index in [2.05, 4.69) is 5.32 Å². The Kier molecular flexibility index (Phi) is 3.74. The van der Waals surface area contributed by atoms with Crippen LogP contribution in [-0.2, 0) is 4.79 Å². The summed E-state index contributed by atoms with van der Waals surface area (Å²) in [5, 5.41) is 1.98. The average Bonchev–Trinajstić information content (AvgIpc) is 2.37. The van der Waals surface area contributed by atoms with Crippen LogP contribution in [0.5, 0.6) is 11.5 Å². The molecule has 0 radical (unpaired) electrons. The van der Waals surface area contributed by atoms with Crippen molar-refractivity contribution in [2.75, 3.05) is 19.8 Å². The number of hydrogen-bond acceptors (Lipinski definition) is 3. The number of likely N-dealkylation sites (N-methyl/N-ethyl adjacent to an activating group) is 1. The minimum atomic E-state index is -0.703. The van der Waals surface area contributed by atoms with E-state index in [1.54, 1.807) is 18.2 Å². The standard InChI is InChI=1S/C12H14ClNO3/c1-2-14-12(15)11(13)8-3-4-9-10(7-8)17-6-5-16-9/h3-4,7,11H,2,5-6H2,1H3,(H,14,15). The van der Waals surface area contributed by atoms with Gasteiger partial charge in [-0.1, -0.05) is 6.07 Å². The van der Waals surface area contributed by atoms with Gasteiger partial charge in [-0.15, -0.1) is 11.6 Å². The van der Waals surface area contributed by atoms with E-state index in [-0.39, 0.29) is 5.91 Å². The van der Waals surface area contributed by atoms with Crippen molar-refractivity contribution >= 4 is 17.5 Å². The van der Waals surface area contributed by atoms with Gasteiger partial charge >= 0.3 is 0 Å². The smallest absolute Gasteiger partial charge is 0.242 e. The first-order valence-electron chi connectivity index (χ1n) is 5.53. The van der Waals surface area contributed by atoms with Crippen LogP contribution in [0, 0.1) is 0 Å². The highest BCUT2D eigenvalue weighted by Crippen LogP contribution is 2.34. The summed E-state index contributed by atoms with van der Waals surface area (Å²) in [7, 11) is 0. The summed E-state index contributed by atoms with van der Waals surface area (Å²) in [5.74, 6) is 1.13. The van der Waals surface area contributed by atoms with Crippen molar-refractivity contribution < 1.29 is 14.3 Å². The molecule has 0 aromatic heterocycles. The molecule has 0 fully saturated rings. The number of ether oxygens (including phenoxy) is 2. The minimum absolute atomic E-state index is 0.203. The van der Waals surface area contributed by atoms with Gasteiger partial charge in [0.2, 0.25) is 5.91 Å². The molecule has 1 N–H and O–H groups in total. The largest absolute Gasteiger partial charge is 0.486 e.